The van der Waals surface area contributed by atoms with Crippen molar-refractivity contribution in [3.63, 3.8) is 0 Å². The second-order valence-corrected chi connectivity index (χ2v) is 5.67. The number of likely N-dealkylation sites (N-methyl/N-ethyl adjacent to an activating group) is 1. The monoisotopic (exact) mass is 296 g/mol. The highest BCUT2D eigenvalue weighted by Crippen LogP contribution is 2.30. The van der Waals surface area contributed by atoms with Gasteiger partial charge in [0.25, 0.3) is 5.56 Å². The first-order chi connectivity index (χ1) is 10.6. The van der Waals surface area contributed by atoms with Crippen molar-refractivity contribution in [1.82, 2.24) is 14.8 Å². The van der Waals surface area contributed by atoms with Crippen LogP contribution in [0.2, 0.25) is 0 Å². The maximum absolute atomic E-state index is 11.9. The fourth-order valence-electron chi connectivity index (χ4n) is 2.62. The standard InChI is InChI=1S/C17H20N4O/c1-13(2)20-17(22)10-9-15(18-20)16-11-12-19(3)21(16)14-7-5-4-6-8-14/h4-11,13H,12H2,1-3H3. The van der Waals surface area contributed by atoms with Crippen molar-refractivity contribution < 1.29 is 0 Å². The molecule has 0 N–H and O–H groups in total. The molecule has 1 aromatic carbocycles. The van der Waals surface area contributed by atoms with Crippen LogP contribution in [-0.2, 0) is 0 Å². The third kappa shape index (κ3) is 2.55. The van der Waals surface area contributed by atoms with Gasteiger partial charge in [0, 0.05) is 19.7 Å². The van der Waals surface area contributed by atoms with E-state index in [1.54, 1.807) is 12.1 Å². The van der Waals surface area contributed by atoms with Crippen molar-refractivity contribution in [2.75, 3.05) is 18.6 Å². The van der Waals surface area contributed by atoms with Crippen LogP contribution in [0.15, 0.2) is 53.3 Å². The third-order valence-electron chi connectivity index (χ3n) is 3.70. The molecule has 3 rings (SSSR count). The molecule has 0 spiro atoms. The molecule has 0 fully saturated rings. The lowest BCUT2D eigenvalue weighted by atomic mass is 10.2. The summed E-state index contributed by atoms with van der Waals surface area (Å²) in [5.41, 5.74) is 2.82. The number of rotatable bonds is 3. The van der Waals surface area contributed by atoms with E-state index in [-0.39, 0.29) is 11.6 Å². The van der Waals surface area contributed by atoms with E-state index in [4.69, 9.17) is 0 Å². The van der Waals surface area contributed by atoms with Gasteiger partial charge in [0.05, 0.1) is 17.4 Å². The minimum absolute atomic E-state index is 0.0392. The number of para-hydroxylation sites is 1. The number of hydrogen-bond acceptors (Lipinski definition) is 4. The maximum atomic E-state index is 11.9. The number of hydrazine groups is 1. The van der Waals surface area contributed by atoms with Crippen molar-refractivity contribution in [3.05, 3.63) is 64.6 Å². The lowest BCUT2D eigenvalue weighted by Gasteiger charge is -2.29. The Morgan fingerprint density at radius 1 is 1.09 bits per heavy atom. The van der Waals surface area contributed by atoms with Gasteiger partial charge in [-0.05, 0) is 38.1 Å². The van der Waals surface area contributed by atoms with E-state index in [1.807, 2.05) is 39.1 Å². The van der Waals surface area contributed by atoms with Crippen molar-refractivity contribution in [2.45, 2.75) is 19.9 Å². The summed E-state index contributed by atoms with van der Waals surface area (Å²) in [7, 11) is 2.04. The molecule has 0 aliphatic carbocycles. The average Bonchev–Trinajstić information content (AvgIpc) is 2.90. The van der Waals surface area contributed by atoms with Crippen molar-refractivity contribution >= 4 is 11.4 Å². The molecule has 5 nitrogen and oxygen atoms in total. The number of benzene rings is 1. The second-order valence-electron chi connectivity index (χ2n) is 5.67. The number of nitrogens with zero attached hydrogens (tertiary/aromatic N) is 4. The summed E-state index contributed by atoms with van der Waals surface area (Å²) in [4.78, 5) is 11.9. The van der Waals surface area contributed by atoms with Crippen molar-refractivity contribution in [1.29, 1.82) is 0 Å². The van der Waals surface area contributed by atoms with Gasteiger partial charge in [0.2, 0.25) is 0 Å². The lowest BCUT2D eigenvalue weighted by Crippen LogP contribution is -2.34. The Balaban J connectivity index is 2.04. The van der Waals surface area contributed by atoms with Gasteiger partial charge >= 0.3 is 0 Å². The first-order valence-corrected chi connectivity index (χ1v) is 7.44. The molecular formula is C17H20N4O. The zero-order valence-corrected chi connectivity index (χ0v) is 13.1. The number of anilines is 1. The molecule has 0 amide bonds. The molecule has 22 heavy (non-hydrogen) atoms. The minimum atomic E-state index is -0.0723. The summed E-state index contributed by atoms with van der Waals surface area (Å²) in [6.45, 7) is 4.73. The first-order valence-electron chi connectivity index (χ1n) is 7.44. The van der Waals surface area contributed by atoms with Crippen molar-refractivity contribution in [2.24, 2.45) is 0 Å². The molecule has 0 bridgehead atoms. The Morgan fingerprint density at radius 2 is 1.82 bits per heavy atom. The SMILES string of the molecule is CC(C)n1nc(C2=CCN(C)N2c2ccccc2)ccc1=O. The lowest BCUT2D eigenvalue weighted by molar-refractivity contribution is 0.400. The molecule has 1 aliphatic heterocycles. The molecule has 0 unspecified atom stereocenters. The van der Waals surface area contributed by atoms with E-state index in [0.29, 0.717) is 0 Å². The van der Waals surface area contributed by atoms with Gasteiger partial charge < -0.3 is 0 Å². The first kappa shape index (κ1) is 14.5. The minimum Gasteiger partial charge on any atom is -0.272 e. The molecule has 1 aromatic heterocycles. The fraction of sp³-hybridized carbons (Fsp3) is 0.294. The molecule has 114 valence electrons. The molecule has 0 saturated heterocycles. The van der Waals surface area contributed by atoms with E-state index in [9.17, 15) is 4.79 Å². The molecule has 2 aromatic rings. The predicted octanol–water partition coefficient (Wildman–Crippen LogP) is 2.53. The summed E-state index contributed by atoms with van der Waals surface area (Å²) < 4.78 is 1.53. The van der Waals surface area contributed by atoms with Gasteiger partial charge in [0.1, 0.15) is 5.69 Å². The summed E-state index contributed by atoms with van der Waals surface area (Å²) in [6.07, 6.45) is 2.13. The van der Waals surface area contributed by atoms with E-state index in [2.05, 4.69) is 33.3 Å². The van der Waals surface area contributed by atoms with E-state index in [1.165, 1.54) is 4.68 Å². The Kier molecular flexibility index (Phi) is 3.81. The summed E-state index contributed by atoms with van der Waals surface area (Å²) in [5.74, 6) is 0. The van der Waals surface area contributed by atoms with Crippen LogP contribution in [0.1, 0.15) is 25.6 Å². The maximum Gasteiger partial charge on any atom is 0.267 e. The normalized spacial score (nSPS) is 15.5. The molecule has 2 heterocycles. The average molecular weight is 296 g/mol. The zero-order chi connectivity index (χ0) is 15.7. The molecule has 5 heteroatoms. The third-order valence-corrected chi connectivity index (χ3v) is 3.70. The largest absolute Gasteiger partial charge is 0.272 e. The van der Waals surface area contributed by atoms with Crippen LogP contribution in [-0.4, -0.2) is 28.4 Å². The quantitative estimate of drug-likeness (QED) is 0.873. The summed E-state index contributed by atoms with van der Waals surface area (Å²) >= 11 is 0. The Morgan fingerprint density at radius 3 is 2.50 bits per heavy atom. The highest BCUT2D eigenvalue weighted by molar-refractivity contribution is 5.78. The van der Waals surface area contributed by atoms with Crippen molar-refractivity contribution in [3.8, 4) is 0 Å². The van der Waals surface area contributed by atoms with Crippen LogP contribution in [0.3, 0.4) is 0 Å². The summed E-state index contributed by atoms with van der Waals surface area (Å²) in [5, 5.41) is 8.78. The molecule has 0 radical (unpaired) electrons. The van der Waals surface area contributed by atoms with E-state index < -0.39 is 0 Å². The van der Waals surface area contributed by atoms with Gasteiger partial charge in [-0.3, -0.25) is 9.80 Å². The van der Waals surface area contributed by atoms with Gasteiger partial charge in [-0.1, -0.05) is 18.2 Å². The zero-order valence-electron chi connectivity index (χ0n) is 13.1. The molecular weight excluding hydrogens is 276 g/mol. The topological polar surface area (TPSA) is 41.4 Å². The van der Waals surface area contributed by atoms with Gasteiger partial charge in [-0.15, -0.1) is 0 Å². The van der Waals surface area contributed by atoms with E-state index >= 15 is 0 Å². The Hall–Kier alpha value is -2.40. The van der Waals surface area contributed by atoms with Crippen LogP contribution < -0.4 is 10.6 Å². The van der Waals surface area contributed by atoms with Gasteiger partial charge in [0.15, 0.2) is 0 Å². The van der Waals surface area contributed by atoms with Gasteiger partial charge in [-0.25, -0.2) is 9.69 Å². The van der Waals surface area contributed by atoms with Crippen LogP contribution in [0.4, 0.5) is 5.69 Å². The highest BCUT2D eigenvalue weighted by atomic mass is 16.1. The molecule has 1 aliphatic rings. The smallest absolute Gasteiger partial charge is 0.267 e. The van der Waals surface area contributed by atoms with Gasteiger partial charge in [-0.2, -0.15) is 5.10 Å². The van der Waals surface area contributed by atoms with E-state index in [0.717, 1.165) is 23.6 Å². The van der Waals surface area contributed by atoms with Crippen LogP contribution >= 0.6 is 0 Å². The summed E-state index contributed by atoms with van der Waals surface area (Å²) in [6, 6.07) is 13.6. The highest BCUT2D eigenvalue weighted by Gasteiger charge is 2.24. The Labute approximate surface area is 130 Å². The van der Waals surface area contributed by atoms with Crippen LogP contribution in [0, 0.1) is 0 Å². The molecule has 0 saturated carbocycles. The number of hydrogen-bond donors (Lipinski definition) is 0. The predicted molar refractivity (Wildman–Crippen MR) is 88.4 cm³/mol. The fourth-order valence-corrected chi connectivity index (χ4v) is 2.62. The number of aromatic nitrogens is 2. The molecule has 0 atom stereocenters. The second kappa shape index (κ2) is 5.77. The van der Waals surface area contributed by atoms with Crippen LogP contribution in [0.25, 0.3) is 5.70 Å². The Bertz CT molecular complexity index is 749. The van der Waals surface area contributed by atoms with Crippen LogP contribution in [0.5, 0.6) is 0 Å².